The number of hydrogen-bond donors (Lipinski definition) is 2. The normalized spacial score (nSPS) is 10.6. The molecule has 1 rings (SSSR count). The van der Waals surface area contributed by atoms with Crippen molar-refractivity contribution in [3.8, 4) is 5.75 Å². The summed E-state index contributed by atoms with van der Waals surface area (Å²) in [7, 11) is 0. The van der Waals surface area contributed by atoms with Crippen LogP contribution >= 0.6 is 0 Å². The highest BCUT2D eigenvalue weighted by atomic mass is 16.6. The van der Waals surface area contributed by atoms with Gasteiger partial charge in [-0.2, -0.15) is 0 Å². The Morgan fingerprint density at radius 3 is 2.81 bits per heavy atom. The van der Waals surface area contributed by atoms with Crippen LogP contribution in [0.2, 0.25) is 0 Å². The van der Waals surface area contributed by atoms with Gasteiger partial charge < -0.3 is 19.9 Å². The van der Waals surface area contributed by atoms with Gasteiger partial charge >= 0.3 is 0 Å². The molecule has 0 spiro atoms. The van der Waals surface area contributed by atoms with Crippen molar-refractivity contribution in [1.82, 2.24) is 5.32 Å². The fourth-order valence-electron chi connectivity index (χ4n) is 1.74. The molecule has 0 aliphatic carbocycles. The lowest BCUT2D eigenvalue weighted by molar-refractivity contribution is -0.384. The van der Waals surface area contributed by atoms with Crippen LogP contribution in [0.25, 0.3) is 0 Å². The summed E-state index contributed by atoms with van der Waals surface area (Å²) in [6, 6.07) is 4.55. The third kappa shape index (κ3) is 6.52. The number of nitrogens with one attached hydrogen (secondary N) is 1. The Balaban J connectivity index is 2.64. The molecule has 7 nitrogen and oxygen atoms in total. The summed E-state index contributed by atoms with van der Waals surface area (Å²) < 4.78 is 10.7. The van der Waals surface area contributed by atoms with Gasteiger partial charge in [0.1, 0.15) is 12.4 Å². The van der Waals surface area contributed by atoms with Crippen molar-refractivity contribution in [2.24, 2.45) is 0 Å². The Hall–Kier alpha value is -1.70. The van der Waals surface area contributed by atoms with Gasteiger partial charge in [-0.1, -0.05) is 6.92 Å². The van der Waals surface area contributed by atoms with Crippen molar-refractivity contribution in [3.63, 3.8) is 0 Å². The molecule has 0 unspecified atom stereocenters. The van der Waals surface area contributed by atoms with Gasteiger partial charge in [-0.25, -0.2) is 0 Å². The van der Waals surface area contributed by atoms with E-state index in [4.69, 9.17) is 14.6 Å². The first-order chi connectivity index (χ1) is 10.2. The zero-order valence-corrected chi connectivity index (χ0v) is 12.2. The van der Waals surface area contributed by atoms with Crippen molar-refractivity contribution < 1.29 is 19.5 Å². The summed E-state index contributed by atoms with van der Waals surface area (Å²) in [5, 5.41) is 22.6. The first-order valence-electron chi connectivity index (χ1n) is 6.98. The van der Waals surface area contributed by atoms with E-state index in [1.54, 1.807) is 6.07 Å². The van der Waals surface area contributed by atoms with E-state index >= 15 is 0 Å². The third-order valence-corrected chi connectivity index (χ3v) is 2.72. The highest BCUT2D eigenvalue weighted by Crippen LogP contribution is 2.24. The maximum Gasteiger partial charge on any atom is 0.270 e. The average Bonchev–Trinajstić information content (AvgIpc) is 2.48. The zero-order chi connectivity index (χ0) is 15.5. The predicted molar refractivity (Wildman–Crippen MR) is 78.5 cm³/mol. The predicted octanol–water partition coefficient (Wildman–Crippen LogP) is 1.48. The molecule has 0 saturated carbocycles. The van der Waals surface area contributed by atoms with Gasteiger partial charge in [0.2, 0.25) is 0 Å². The van der Waals surface area contributed by atoms with Gasteiger partial charge in [0.15, 0.2) is 0 Å². The largest absolute Gasteiger partial charge is 0.491 e. The maximum atomic E-state index is 10.8. The summed E-state index contributed by atoms with van der Waals surface area (Å²) in [6.07, 6.45) is 0.986. The van der Waals surface area contributed by atoms with Crippen LogP contribution in [0.1, 0.15) is 18.9 Å². The lowest BCUT2D eigenvalue weighted by atomic mass is 10.1. The van der Waals surface area contributed by atoms with Crippen LogP contribution in [-0.2, 0) is 11.3 Å². The SMILES string of the molecule is CCCNCc1cc([N+](=O)[O-])ccc1OCCOCCO. The quantitative estimate of drug-likeness (QED) is 0.365. The molecule has 0 fully saturated rings. The van der Waals surface area contributed by atoms with Gasteiger partial charge in [0, 0.05) is 24.2 Å². The molecule has 0 saturated heterocycles. The molecule has 21 heavy (non-hydrogen) atoms. The molecule has 118 valence electrons. The van der Waals surface area contributed by atoms with E-state index in [9.17, 15) is 10.1 Å². The number of ether oxygens (including phenoxy) is 2. The molecule has 2 N–H and O–H groups in total. The Kier molecular flexibility index (Phi) is 8.34. The van der Waals surface area contributed by atoms with Crippen LogP contribution in [0.4, 0.5) is 5.69 Å². The minimum atomic E-state index is -0.419. The number of rotatable bonds is 11. The number of hydrogen-bond acceptors (Lipinski definition) is 6. The first-order valence-corrected chi connectivity index (χ1v) is 6.98. The highest BCUT2D eigenvalue weighted by Gasteiger charge is 2.11. The van der Waals surface area contributed by atoms with Crippen LogP contribution in [0.5, 0.6) is 5.75 Å². The molecule has 1 aromatic rings. The van der Waals surface area contributed by atoms with Crippen molar-refractivity contribution in [2.75, 3.05) is 33.0 Å². The molecular weight excluding hydrogens is 276 g/mol. The molecule has 0 radical (unpaired) electrons. The Bertz CT molecular complexity index is 439. The summed E-state index contributed by atoms with van der Waals surface area (Å²) in [5.41, 5.74) is 0.798. The van der Waals surface area contributed by atoms with Crippen molar-refractivity contribution in [2.45, 2.75) is 19.9 Å². The van der Waals surface area contributed by atoms with E-state index in [-0.39, 0.29) is 18.9 Å². The van der Waals surface area contributed by atoms with E-state index in [1.165, 1.54) is 12.1 Å². The summed E-state index contributed by atoms with van der Waals surface area (Å²) in [4.78, 5) is 10.4. The number of aliphatic hydroxyl groups is 1. The molecule has 1 aromatic carbocycles. The van der Waals surface area contributed by atoms with Crippen LogP contribution < -0.4 is 10.1 Å². The van der Waals surface area contributed by atoms with Crippen LogP contribution in [0.3, 0.4) is 0 Å². The van der Waals surface area contributed by atoms with E-state index in [0.29, 0.717) is 25.5 Å². The van der Waals surface area contributed by atoms with Gasteiger partial charge in [-0.05, 0) is 19.0 Å². The smallest absolute Gasteiger partial charge is 0.270 e. The number of nitro groups is 1. The molecule has 0 aliphatic heterocycles. The zero-order valence-electron chi connectivity index (χ0n) is 12.2. The van der Waals surface area contributed by atoms with Crippen LogP contribution in [0.15, 0.2) is 18.2 Å². The van der Waals surface area contributed by atoms with E-state index in [1.807, 2.05) is 0 Å². The molecule has 0 atom stereocenters. The van der Waals surface area contributed by atoms with Crippen LogP contribution in [0, 0.1) is 10.1 Å². The molecule has 0 heterocycles. The third-order valence-electron chi connectivity index (χ3n) is 2.72. The second-order valence-electron chi connectivity index (χ2n) is 4.41. The molecule has 0 aliphatic rings. The second-order valence-corrected chi connectivity index (χ2v) is 4.41. The molecular formula is C14H22N2O5. The van der Waals surface area contributed by atoms with Crippen molar-refractivity contribution >= 4 is 5.69 Å². The second kappa shape index (κ2) is 10.1. The van der Waals surface area contributed by atoms with Crippen molar-refractivity contribution in [1.29, 1.82) is 0 Å². The van der Waals surface area contributed by atoms with Crippen molar-refractivity contribution in [3.05, 3.63) is 33.9 Å². The van der Waals surface area contributed by atoms with E-state index in [2.05, 4.69) is 12.2 Å². The fourth-order valence-corrected chi connectivity index (χ4v) is 1.74. The standard InChI is InChI=1S/C14H22N2O5/c1-2-5-15-11-12-10-13(16(18)19)3-4-14(12)21-9-8-20-7-6-17/h3-4,10,15,17H,2,5-9,11H2,1H3. The summed E-state index contributed by atoms with van der Waals surface area (Å²) >= 11 is 0. The van der Waals surface area contributed by atoms with E-state index < -0.39 is 4.92 Å². The van der Waals surface area contributed by atoms with E-state index in [0.717, 1.165) is 18.5 Å². The number of nitrogens with zero attached hydrogens (tertiary/aromatic N) is 1. The Labute approximate surface area is 124 Å². The summed E-state index contributed by atoms with van der Waals surface area (Å²) in [6.45, 7) is 4.34. The number of nitro benzene ring substituents is 1. The average molecular weight is 298 g/mol. The maximum absolute atomic E-state index is 10.8. The first kappa shape index (κ1) is 17.4. The number of benzene rings is 1. The van der Waals surface area contributed by atoms with Gasteiger partial charge in [-0.15, -0.1) is 0 Å². The topological polar surface area (TPSA) is 93.9 Å². The highest BCUT2D eigenvalue weighted by molar-refractivity contribution is 5.43. The van der Waals surface area contributed by atoms with Gasteiger partial charge in [-0.3, -0.25) is 10.1 Å². The fraction of sp³-hybridized carbons (Fsp3) is 0.571. The monoisotopic (exact) mass is 298 g/mol. The Morgan fingerprint density at radius 2 is 2.14 bits per heavy atom. The molecule has 0 bridgehead atoms. The summed E-state index contributed by atoms with van der Waals surface area (Å²) in [5.74, 6) is 0.608. The minimum Gasteiger partial charge on any atom is -0.491 e. The molecule has 0 amide bonds. The van der Waals surface area contributed by atoms with Gasteiger partial charge in [0.05, 0.1) is 24.7 Å². The number of non-ortho nitro benzene ring substituents is 1. The van der Waals surface area contributed by atoms with Crippen LogP contribution in [-0.4, -0.2) is 43.0 Å². The lowest BCUT2D eigenvalue weighted by Crippen LogP contribution is -2.16. The lowest BCUT2D eigenvalue weighted by Gasteiger charge is -2.12. The molecule has 7 heteroatoms. The molecule has 0 aromatic heterocycles. The minimum absolute atomic E-state index is 0.0241. The Morgan fingerprint density at radius 1 is 1.33 bits per heavy atom. The number of aliphatic hydroxyl groups excluding tert-OH is 1. The van der Waals surface area contributed by atoms with Gasteiger partial charge in [0.25, 0.3) is 5.69 Å².